The molecule has 2 rings (SSSR count). The van der Waals surface area contributed by atoms with E-state index in [1.165, 1.54) is 22.1 Å². The van der Waals surface area contributed by atoms with Gasteiger partial charge >= 0.3 is 0 Å². The first-order valence-electron chi connectivity index (χ1n) is 4.62. The second-order valence-corrected chi connectivity index (χ2v) is 4.53. The molecule has 1 nitrogen and oxygen atoms in total. The number of pyridine rings is 1. The van der Waals surface area contributed by atoms with Crippen LogP contribution in [-0.4, -0.2) is 4.98 Å². The Morgan fingerprint density at radius 1 is 0.929 bits per heavy atom. The molecule has 0 aliphatic heterocycles. The lowest BCUT2D eigenvalue weighted by atomic mass is 10.0. The highest BCUT2D eigenvalue weighted by molar-refractivity contribution is 9.10. The average Bonchev–Trinajstić information content (AvgIpc) is 2.08. The lowest BCUT2D eigenvalue weighted by Crippen LogP contribution is -1.88. The molecule has 72 valence electrons. The molecule has 0 saturated heterocycles. The van der Waals surface area contributed by atoms with Crippen LogP contribution in [0.1, 0.15) is 16.7 Å². The molecule has 0 fully saturated rings. The van der Waals surface area contributed by atoms with E-state index in [1.807, 2.05) is 0 Å². The van der Waals surface area contributed by atoms with Crippen molar-refractivity contribution in [2.24, 2.45) is 0 Å². The number of fused-ring (bicyclic) bond motifs is 1. The number of aromatic nitrogens is 1. The first kappa shape index (κ1) is 9.66. The highest BCUT2D eigenvalue weighted by atomic mass is 79.9. The van der Waals surface area contributed by atoms with E-state index in [9.17, 15) is 0 Å². The van der Waals surface area contributed by atoms with Crippen LogP contribution in [0.3, 0.4) is 0 Å². The summed E-state index contributed by atoms with van der Waals surface area (Å²) < 4.78 is 0.908. The average molecular weight is 250 g/mol. The topological polar surface area (TPSA) is 12.9 Å². The van der Waals surface area contributed by atoms with E-state index >= 15 is 0 Å². The van der Waals surface area contributed by atoms with E-state index < -0.39 is 0 Å². The molecule has 0 unspecified atom stereocenters. The molecule has 2 heteroatoms. The van der Waals surface area contributed by atoms with Crippen molar-refractivity contribution in [1.82, 2.24) is 4.98 Å². The van der Waals surface area contributed by atoms with Gasteiger partial charge in [-0.25, -0.2) is 4.98 Å². The summed E-state index contributed by atoms with van der Waals surface area (Å²) in [5.41, 5.74) is 4.96. The first-order valence-corrected chi connectivity index (χ1v) is 5.41. The summed E-state index contributed by atoms with van der Waals surface area (Å²) in [7, 11) is 0. The Balaban J connectivity index is 2.89. The minimum atomic E-state index is 0.908. The van der Waals surface area contributed by atoms with Crippen LogP contribution >= 0.6 is 15.9 Å². The zero-order valence-corrected chi connectivity index (χ0v) is 10.1. The summed E-state index contributed by atoms with van der Waals surface area (Å²) in [6, 6.07) is 6.40. The third-order valence-electron chi connectivity index (χ3n) is 2.60. The fourth-order valence-corrected chi connectivity index (χ4v) is 2.15. The van der Waals surface area contributed by atoms with E-state index in [1.54, 1.807) is 0 Å². The second kappa shape index (κ2) is 3.35. The van der Waals surface area contributed by atoms with Crippen LogP contribution < -0.4 is 0 Å². The minimum Gasteiger partial charge on any atom is -0.241 e. The molecule has 1 aromatic heterocycles. The summed E-state index contributed by atoms with van der Waals surface area (Å²) in [6.07, 6.45) is 0. The van der Waals surface area contributed by atoms with Crippen molar-refractivity contribution in [2.75, 3.05) is 0 Å². The smallest absolute Gasteiger partial charge is 0.107 e. The van der Waals surface area contributed by atoms with Crippen molar-refractivity contribution >= 4 is 26.8 Å². The first-order chi connectivity index (χ1) is 6.58. The van der Waals surface area contributed by atoms with Crippen LogP contribution in [0.4, 0.5) is 0 Å². The molecule has 14 heavy (non-hydrogen) atoms. The van der Waals surface area contributed by atoms with Gasteiger partial charge in [0.25, 0.3) is 0 Å². The zero-order chi connectivity index (χ0) is 10.3. The summed E-state index contributed by atoms with van der Waals surface area (Å²) in [4.78, 5) is 4.46. The van der Waals surface area contributed by atoms with Gasteiger partial charge in [-0.1, -0.05) is 0 Å². The van der Waals surface area contributed by atoms with Gasteiger partial charge in [-0.15, -0.1) is 0 Å². The molecule has 0 saturated carbocycles. The lowest BCUT2D eigenvalue weighted by Gasteiger charge is -2.06. The van der Waals surface area contributed by atoms with Gasteiger partial charge in [0.05, 0.1) is 5.52 Å². The van der Waals surface area contributed by atoms with Crippen molar-refractivity contribution in [3.05, 3.63) is 39.5 Å². The van der Waals surface area contributed by atoms with Crippen molar-refractivity contribution in [3.8, 4) is 0 Å². The molecule has 0 aliphatic rings. The number of nitrogens with zero attached hydrogens (tertiary/aromatic N) is 1. The van der Waals surface area contributed by atoms with Crippen molar-refractivity contribution in [1.29, 1.82) is 0 Å². The van der Waals surface area contributed by atoms with E-state index in [0.717, 1.165) is 10.1 Å². The predicted octanol–water partition coefficient (Wildman–Crippen LogP) is 3.92. The molecule has 0 N–H and O–H groups in total. The van der Waals surface area contributed by atoms with Crippen LogP contribution in [-0.2, 0) is 0 Å². The Labute approximate surface area is 92.3 Å². The maximum atomic E-state index is 4.46. The van der Waals surface area contributed by atoms with Crippen LogP contribution in [0.25, 0.3) is 10.9 Å². The van der Waals surface area contributed by atoms with Gasteiger partial charge in [-0.05, 0) is 71.6 Å². The summed E-state index contributed by atoms with van der Waals surface area (Å²) in [5.74, 6) is 0. The van der Waals surface area contributed by atoms with Gasteiger partial charge in [0, 0.05) is 5.39 Å². The highest BCUT2D eigenvalue weighted by Gasteiger charge is 2.03. The second-order valence-electron chi connectivity index (χ2n) is 3.72. The predicted molar refractivity (Wildman–Crippen MR) is 63.7 cm³/mol. The minimum absolute atomic E-state index is 0.908. The van der Waals surface area contributed by atoms with Gasteiger partial charge in [0.2, 0.25) is 0 Å². The van der Waals surface area contributed by atoms with E-state index in [4.69, 9.17) is 0 Å². The quantitative estimate of drug-likeness (QED) is 0.645. The molecule has 0 radical (unpaired) electrons. The molecular weight excluding hydrogens is 238 g/mol. The molecule has 1 heterocycles. The normalized spacial score (nSPS) is 10.9. The Morgan fingerprint density at radius 2 is 1.57 bits per heavy atom. The van der Waals surface area contributed by atoms with E-state index in [-0.39, 0.29) is 0 Å². The van der Waals surface area contributed by atoms with Crippen molar-refractivity contribution in [3.63, 3.8) is 0 Å². The van der Waals surface area contributed by atoms with Crippen LogP contribution in [0.15, 0.2) is 22.8 Å². The standard InChI is InChI=1S/C12H12BrN/c1-7-4-10-9(3)6-12(13)14-11(10)5-8(7)2/h4-6H,1-3H3. The molecule has 2 aromatic rings. The zero-order valence-electron chi connectivity index (χ0n) is 8.56. The number of rotatable bonds is 0. The largest absolute Gasteiger partial charge is 0.241 e. The van der Waals surface area contributed by atoms with Crippen molar-refractivity contribution in [2.45, 2.75) is 20.8 Å². The third kappa shape index (κ3) is 1.55. The molecule has 0 bridgehead atoms. The highest BCUT2D eigenvalue weighted by Crippen LogP contribution is 2.23. The van der Waals surface area contributed by atoms with E-state index in [2.05, 4.69) is 59.9 Å². The number of hydrogen-bond donors (Lipinski definition) is 0. The summed E-state index contributed by atoms with van der Waals surface area (Å²) >= 11 is 3.42. The van der Waals surface area contributed by atoms with Gasteiger partial charge in [0.15, 0.2) is 0 Å². The Bertz CT molecular complexity index is 503. The summed E-state index contributed by atoms with van der Waals surface area (Å²) in [6.45, 7) is 6.37. The lowest BCUT2D eigenvalue weighted by molar-refractivity contribution is 1.28. The molecule has 1 aromatic carbocycles. The van der Waals surface area contributed by atoms with Gasteiger partial charge in [0.1, 0.15) is 4.60 Å². The fraction of sp³-hybridized carbons (Fsp3) is 0.250. The van der Waals surface area contributed by atoms with Crippen LogP contribution in [0.5, 0.6) is 0 Å². The summed E-state index contributed by atoms with van der Waals surface area (Å²) in [5, 5.41) is 1.25. The molecule has 0 spiro atoms. The number of halogens is 1. The third-order valence-corrected chi connectivity index (χ3v) is 3.01. The molecule has 0 amide bonds. The Morgan fingerprint density at radius 3 is 2.29 bits per heavy atom. The van der Waals surface area contributed by atoms with E-state index in [0.29, 0.717) is 0 Å². The Hall–Kier alpha value is -0.890. The number of aryl methyl sites for hydroxylation is 3. The van der Waals surface area contributed by atoms with Crippen molar-refractivity contribution < 1.29 is 0 Å². The maximum Gasteiger partial charge on any atom is 0.107 e. The maximum absolute atomic E-state index is 4.46. The van der Waals surface area contributed by atoms with Gasteiger partial charge in [-0.2, -0.15) is 0 Å². The fourth-order valence-electron chi connectivity index (χ4n) is 1.61. The molecular formula is C12H12BrN. The van der Waals surface area contributed by atoms with Crippen LogP contribution in [0.2, 0.25) is 0 Å². The number of benzene rings is 1. The van der Waals surface area contributed by atoms with Gasteiger partial charge in [-0.3, -0.25) is 0 Å². The molecule has 0 atom stereocenters. The molecule has 0 aliphatic carbocycles. The Kier molecular flexibility index (Phi) is 2.31. The van der Waals surface area contributed by atoms with Crippen LogP contribution in [0, 0.1) is 20.8 Å². The van der Waals surface area contributed by atoms with Gasteiger partial charge < -0.3 is 0 Å². The monoisotopic (exact) mass is 249 g/mol. The number of hydrogen-bond acceptors (Lipinski definition) is 1. The SMILES string of the molecule is Cc1cc2nc(Br)cc(C)c2cc1C.